The molecule has 22 heteroatoms. The van der Waals surface area contributed by atoms with Crippen molar-refractivity contribution in [1.82, 2.24) is 0 Å². The molecule has 0 saturated heterocycles. The van der Waals surface area contributed by atoms with E-state index in [1.54, 1.807) is 0 Å². The van der Waals surface area contributed by atoms with Crippen LogP contribution in [0.3, 0.4) is 0 Å². The van der Waals surface area contributed by atoms with Gasteiger partial charge in [0, 0.05) is 8.95 Å². The molecule has 0 aromatic heterocycles. The van der Waals surface area contributed by atoms with Crippen LogP contribution in [-0.4, -0.2) is 54.3 Å². The summed E-state index contributed by atoms with van der Waals surface area (Å²) < 4.78 is 147. The molecule has 0 aliphatic carbocycles. The van der Waals surface area contributed by atoms with Crippen LogP contribution >= 0.6 is 95.6 Å². The fraction of sp³-hybridized carbons (Fsp3) is 0.368. The van der Waals surface area contributed by atoms with E-state index in [0.717, 1.165) is 0 Å². The first-order valence-electron chi connectivity index (χ1n) is 9.96. The van der Waals surface area contributed by atoms with Crippen LogP contribution in [0.4, 0.5) is 26.3 Å². The van der Waals surface area contributed by atoms with Crippen molar-refractivity contribution in [2.24, 2.45) is 5.41 Å². The van der Waals surface area contributed by atoms with E-state index < -0.39 is 63.1 Å². The topological polar surface area (TPSA) is 105 Å². The monoisotopic (exact) mass is 1020 g/mol. The molecular formula is C19H12Br6F6O8S2. The first-order chi connectivity index (χ1) is 18.5. The third kappa shape index (κ3) is 10.2. The lowest BCUT2D eigenvalue weighted by Gasteiger charge is -2.33. The SMILES string of the molecule is O=S(=O)(OCC(COc1c(Br)cc(Br)cc1Br)(COc1c(Br)cc(Br)cc1Br)COS(=O)(=O)C(F)(F)F)C(F)(F)F. The molecule has 232 valence electrons. The van der Waals surface area contributed by atoms with E-state index in [0.29, 0.717) is 8.95 Å². The Morgan fingerprint density at radius 2 is 0.805 bits per heavy atom. The Morgan fingerprint density at radius 1 is 0.537 bits per heavy atom. The lowest BCUT2D eigenvalue weighted by atomic mass is 9.92. The highest BCUT2D eigenvalue weighted by Gasteiger charge is 2.52. The minimum absolute atomic E-state index is 0.0408. The number of alkyl halides is 6. The van der Waals surface area contributed by atoms with Gasteiger partial charge in [-0.1, -0.05) is 31.9 Å². The second kappa shape index (κ2) is 14.2. The molecule has 41 heavy (non-hydrogen) atoms. The number of hydrogen-bond donors (Lipinski definition) is 0. The summed E-state index contributed by atoms with van der Waals surface area (Å²) in [7, 11) is -12.6. The zero-order valence-electron chi connectivity index (χ0n) is 19.3. The molecule has 0 unspecified atom stereocenters. The summed E-state index contributed by atoms with van der Waals surface area (Å²) in [4.78, 5) is 0. The maximum absolute atomic E-state index is 13.0. The first kappa shape index (κ1) is 37.5. The number of rotatable bonds is 12. The molecule has 2 aromatic carbocycles. The summed E-state index contributed by atoms with van der Waals surface area (Å²) in [6.45, 7) is -5.11. The van der Waals surface area contributed by atoms with Crippen molar-refractivity contribution in [3.8, 4) is 11.5 Å². The van der Waals surface area contributed by atoms with Gasteiger partial charge in [-0.05, 0) is 88.0 Å². The average Bonchev–Trinajstić information content (AvgIpc) is 2.78. The van der Waals surface area contributed by atoms with E-state index in [1.807, 2.05) is 0 Å². The van der Waals surface area contributed by atoms with Gasteiger partial charge in [0.25, 0.3) is 0 Å². The van der Waals surface area contributed by atoms with E-state index in [9.17, 15) is 43.2 Å². The molecule has 0 radical (unpaired) electrons. The van der Waals surface area contributed by atoms with Crippen LogP contribution in [0.1, 0.15) is 0 Å². The largest absolute Gasteiger partial charge is 0.523 e. The Kier molecular flexibility index (Phi) is 13.0. The Hall–Kier alpha value is 0.320. The number of ether oxygens (including phenoxy) is 2. The highest BCUT2D eigenvalue weighted by atomic mass is 79.9. The van der Waals surface area contributed by atoms with Crippen molar-refractivity contribution in [3.63, 3.8) is 0 Å². The maximum atomic E-state index is 13.0. The normalized spacial score (nSPS) is 13.4. The van der Waals surface area contributed by atoms with Gasteiger partial charge in [0.05, 0.1) is 36.5 Å². The molecule has 0 amide bonds. The molecule has 2 rings (SSSR count). The molecule has 0 bridgehead atoms. The van der Waals surface area contributed by atoms with Gasteiger partial charge in [-0.2, -0.15) is 43.2 Å². The van der Waals surface area contributed by atoms with Crippen molar-refractivity contribution >= 4 is 116 Å². The van der Waals surface area contributed by atoms with Crippen molar-refractivity contribution < 1.29 is 61.0 Å². The fourth-order valence-electron chi connectivity index (χ4n) is 2.57. The van der Waals surface area contributed by atoms with Crippen LogP contribution in [-0.2, 0) is 28.6 Å². The van der Waals surface area contributed by atoms with Crippen LogP contribution in [0, 0.1) is 5.41 Å². The van der Waals surface area contributed by atoms with E-state index in [2.05, 4.69) is 104 Å². The third-order valence-electron chi connectivity index (χ3n) is 4.58. The molecule has 0 spiro atoms. The van der Waals surface area contributed by atoms with Crippen molar-refractivity contribution in [1.29, 1.82) is 0 Å². The Labute approximate surface area is 279 Å². The summed E-state index contributed by atoms with van der Waals surface area (Å²) in [5.74, 6) is -0.0816. The van der Waals surface area contributed by atoms with Crippen LogP contribution in [0.5, 0.6) is 11.5 Å². The molecule has 2 aromatic rings. The minimum atomic E-state index is -6.31. The lowest BCUT2D eigenvalue weighted by molar-refractivity contribution is -0.0689. The van der Waals surface area contributed by atoms with Gasteiger partial charge in [-0.25, -0.2) is 0 Å². The standard InChI is InChI=1S/C19H12Br6F6O8S2/c20-9-1-11(22)15(12(23)2-9)36-5-17(7-38-40(32,33)18(26,27)28,8-39-41(34,35)19(29,30)31)6-37-16-13(24)3-10(21)4-14(16)25/h1-4H,5-8H2. The molecular weight excluding hydrogens is 1010 g/mol. The van der Waals surface area contributed by atoms with Crippen LogP contribution in [0.2, 0.25) is 0 Å². The Morgan fingerprint density at radius 3 is 1.05 bits per heavy atom. The minimum Gasteiger partial charge on any atom is -0.490 e. The molecule has 0 N–H and O–H groups in total. The van der Waals surface area contributed by atoms with Gasteiger partial charge in [-0.3, -0.25) is 8.37 Å². The quantitative estimate of drug-likeness (QED) is 0.119. The molecule has 0 saturated carbocycles. The van der Waals surface area contributed by atoms with Gasteiger partial charge in [0.1, 0.15) is 24.7 Å². The first-order valence-corrected chi connectivity index (χ1v) is 17.5. The Bertz CT molecular complexity index is 1330. The fourth-order valence-corrected chi connectivity index (χ4v) is 8.63. The van der Waals surface area contributed by atoms with E-state index in [4.69, 9.17) is 9.47 Å². The molecule has 0 heterocycles. The van der Waals surface area contributed by atoms with Crippen molar-refractivity contribution in [2.45, 2.75) is 11.0 Å². The van der Waals surface area contributed by atoms with E-state index in [-0.39, 0.29) is 29.4 Å². The van der Waals surface area contributed by atoms with E-state index >= 15 is 0 Å². The van der Waals surface area contributed by atoms with E-state index in [1.165, 1.54) is 24.3 Å². The van der Waals surface area contributed by atoms with Gasteiger partial charge in [-0.15, -0.1) is 0 Å². The van der Waals surface area contributed by atoms with Gasteiger partial charge in [0.15, 0.2) is 0 Å². The second-order valence-electron chi connectivity index (χ2n) is 7.80. The maximum Gasteiger partial charge on any atom is 0.523 e. The van der Waals surface area contributed by atoms with Crippen LogP contribution in [0.25, 0.3) is 0 Å². The molecule has 0 aliphatic heterocycles. The molecule has 0 atom stereocenters. The highest BCUT2D eigenvalue weighted by molar-refractivity contribution is 9.12. The third-order valence-corrected chi connectivity index (χ3v) is 9.84. The van der Waals surface area contributed by atoms with Crippen LogP contribution < -0.4 is 9.47 Å². The zero-order chi connectivity index (χ0) is 31.6. The second-order valence-corrected chi connectivity index (χ2v) is 16.3. The summed E-state index contributed by atoms with van der Waals surface area (Å²) in [6, 6.07) is 5.90. The number of benzene rings is 2. The predicted molar refractivity (Wildman–Crippen MR) is 154 cm³/mol. The van der Waals surface area contributed by atoms with Gasteiger partial charge < -0.3 is 9.47 Å². The molecule has 8 nitrogen and oxygen atoms in total. The smallest absolute Gasteiger partial charge is 0.490 e. The number of halogens is 12. The average molecular weight is 1030 g/mol. The summed E-state index contributed by atoms with van der Waals surface area (Å²) in [6.07, 6.45) is 0. The van der Waals surface area contributed by atoms with Gasteiger partial charge in [0.2, 0.25) is 0 Å². The van der Waals surface area contributed by atoms with Gasteiger partial charge >= 0.3 is 31.3 Å². The summed E-state index contributed by atoms with van der Waals surface area (Å²) >= 11 is 19.1. The molecule has 0 aliphatic rings. The molecule has 0 fully saturated rings. The van der Waals surface area contributed by atoms with Crippen LogP contribution in [0.15, 0.2) is 51.1 Å². The highest BCUT2D eigenvalue weighted by Crippen LogP contribution is 2.40. The Balaban J connectivity index is 2.61. The van der Waals surface area contributed by atoms with Crippen molar-refractivity contribution in [3.05, 3.63) is 51.1 Å². The lowest BCUT2D eigenvalue weighted by Crippen LogP contribution is -2.46. The zero-order valence-corrected chi connectivity index (χ0v) is 30.4. The summed E-state index contributed by atoms with van der Waals surface area (Å²) in [5, 5.41) is 0. The van der Waals surface area contributed by atoms with Crippen molar-refractivity contribution in [2.75, 3.05) is 26.4 Å². The number of hydrogen-bond acceptors (Lipinski definition) is 8. The summed E-state index contributed by atoms with van der Waals surface area (Å²) in [5.41, 5.74) is -14.3. The predicted octanol–water partition coefficient (Wildman–Crippen LogP) is 8.44.